The number of nitrogens with two attached hydrogens (primary N) is 1. The summed E-state index contributed by atoms with van der Waals surface area (Å²) in [7, 11) is 1.34. The van der Waals surface area contributed by atoms with Crippen LogP contribution in [-0.4, -0.2) is 29.8 Å². The number of aliphatic hydroxyl groups excluding tert-OH is 1. The third kappa shape index (κ3) is 3.05. The van der Waals surface area contributed by atoms with Crippen LogP contribution in [0, 0.1) is 0 Å². The molecular formula is C14H19NO4. The molecule has 104 valence electrons. The summed E-state index contributed by atoms with van der Waals surface area (Å²) < 4.78 is 10.5. The van der Waals surface area contributed by atoms with Gasteiger partial charge in [-0.15, -0.1) is 0 Å². The maximum absolute atomic E-state index is 11.6. The number of methoxy groups -OCH3 is 1. The number of carbonyl (C=O) groups is 1. The highest BCUT2D eigenvalue weighted by Crippen LogP contribution is 2.32. The monoisotopic (exact) mass is 265 g/mol. The van der Waals surface area contributed by atoms with Gasteiger partial charge >= 0.3 is 5.97 Å². The molecule has 1 saturated carbocycles. The van der Waals surface area contributed by atoms with E-state index >= 15 is 0 Å². The molecule has 0 spiro atoms. The van der Waals surface area contributed by atoms with Crippen LogP contribution in [0.3, 0.4) is 0 Å². The predicted octanol–water partition coefficient (Wildman–Crippen LogP) is 0.981. The van der Waals surface area contributed by atoms with E-state index in [0.29, 0.717) is 18.6 Å². The van der Waals surface area contributed by atoms with Crippen molar-refractivity contribution in [3.63, 3.8) is 0 Å². The number of rotatable bonds is 4. The maximum atomic E-state index is 11.6. The summed E-state index contributed by atoms with van der Waals surface area (Å²) in [5, 5.41) is 9.07. The molecule has 2 unspecified atom stereocenters. The molecule has 1 fully saturated rings. The number of carbonyl (C=O) groups excluding carboxylic acids is 1. The van der Waals surface area contributed by atoms with E-state index in [-0.39, 0.29) is 18.7 Å². The SMILES string of the molecule is COC(=O)C1(N)CCC(Oc2cccc(CO)c2)C1. The minimum Gasteiger partial charge on any atom is -0.490 e. The second-order valence-electron chi connectivity index (χ2n) is 4.94. The maximum Gasteiger partial charge on any atom is 0.325 e. The first kappa shape index (κ1) is 13.8. The lowest BCUT2D eigenvalue weighted by Gasteiger charge is -2.21. The van der Waals surface area contributed by atoms with Gasteiger partial charge in [-0.05, 0) is 30.5 Å². The Morgan fingerprint density at radius 3 is 3.05 bits per heavy atom. The van der Waals surface area contributed by atoms with Crippen LogP contribution in [0.5, 0.6) is 5.75 Å². The zero-order chi connectivity index (χ0) is 13.9. The number of benzene rings is 1. The van der Waals surface area contributed by atoms with Gasteiger partial charge in [-0.2, -0.15) is 0 Å². The van der Waals surface area contributed by atoms with Gasteiger partial charge in [-0.25, -0.2) is 0 Å². The highest BCUT2D eigenvalue weighted by Gasteiger charge is 2.44. The molecule has 1 aliphatic carbocycles. The van der Waals surface area contributed by atoms with Gasteiger partial charge in [0.05, 0.1) is 13.7 Å². The Kier molecular flexibility index (Phi) is 4.07. The molecule has 0 aliphatic heterocycles. The minimum absolute atomic E-state index is 0.0230. The van der Waals surface area contributed by atoms with Crippen LogP contribution < -0.4 is 10.5 Å². The fourth-order valence-corrected chi connectivity index (χ4v) is 2.43. The molecule has 0 amide bonds. The van der Waals surface area contributed by atoms with E-state index in [1.165, 1.54) is 7.11 Å². The number of hydrogen-bond donors (Lipinski definition) is 2. The van der Waals surface area contributed by atoms with Gasteiger partial charge in [-0.3, -0.25) is 4.79 Å². The van der Waals surface area contributed by atoms with Gasteiger partial charge in [0.1, 0.15) is 17.4 Å². The normalized spacial score (nSPS) is 26.2. The summed E-state index contributed by atoms with van der Waals surface area (Å²) in [5.41, 5.74) is 5.88. The van der Waals surface area contributed by atoms with E-state index in [1.54, 1.807) is 6.07 Å². The van der Waals surface area contributed by atoms with E-state index < -0.39 is 5.54 Å². The van der Waals surface area contributed by atoms with Gasteiger partial charge in [0.15, 0.2) is 0 Å². The largest absolute Gasteiger partial charge is 0.490 e. The molecule has 0 bridgehead atoms. The molecule has 5 heteroatoms. The van der Waals surface area contributed by atoms with Crippen molar-refractivity contribution in [1.82, 2.24) is 0 Å². The van der Waals surface area contributed by atoms with Crippen LogP contribution in [0.2, 0.25) is 0 Å². The molecule has 2 rings (SSSR count). The van der Waals surface area contributed by atoms with Crippen LogP contribution in [0.4, 0.5) is 0 Å². The fraction of sp³-hybridized carbons (Fsp3) is 0.500. The average molecular weight is 265 g/mol. The minimum atomic E-state index is -0.937. The average Bonchev–Trinajstić information content (AvgIpc) is 2.80. The zero-order valence-corrected chi connectivity index (χ0v) is 11.0. The summed E-state index contributed by atoms with van der Waals surface area (Å²) >= 11 is 0. The third-order valence-electron chi connectivity index (χ3n) is 3.48. The highest BCUT2D eigenvalue weighted by atomic mass is 16.5. The molecule has 2 atom stereocenters. The van der Waals surface area contributed by atoms with E-state index in [4.69, 9.17) is 20.3 Å². The van der Waals surface area contributed by atoms with E-state index in [1.807, 2.05) is 18.2 Å². The van der Waals surface area contributed by atoms with Gasteiger partial charge in [-0.1, -0.05) is 12.1 Å². The molecular weight excluding hydrogens is 246 g/mol. The van der Waals surface area contributed by atoms with E-state index in [9.17, 15) is 4.79 Å². The van der Waals surface area contributed by atoms with Crippen LogP contribution >= 0.6 is 0 Å². The van der Waals surface area contributed by atoms with Crippen molar-refractivity contribution >= 4 is 5.97 Å². The predicted molar refractivity (Wildman–Crippen MR) is 69.6 cm³/mol. The van der Waals surface area contributed by atoms with Crippen molar-refractivity contribution in [1.29, 1.82) is 0 Å². The third-order valence-corrected chi connectivity index (χ3v) is 3.48. The van der Waals surface area contributed by atoms with Crippen molar-refractivity contribution < 1.29 is 19.4 Å². The molecule has 1 aromatic carbocycles. The van der Waals surface area contributed by atoms with Gasteiger partial charge in [0.2, 0.25) is 0 Å². The first-order valence-electron chi connectivity index (χ1n) is 6.31. The topological polar surface area (TPSA) is 81.8 Å². The molecule has 0 radical (unpaired) electrons. The van der Waals surface area contributed by atoms with E-state index in [0.717, 1.165) is 12.0 Å². The van der Waals surface area contributed by atoms with Gasteiger partial charge in [0.25, 0.3) is 0 Å². The molecule has 0 aromatic heterocycles. The lowest BCUT2D eigenvalue weighted by Crippen LogP contribution is -2.47. The Bertz CT molecular complexity index is 463. The van der Waals surface area contributed by atoms with Crippen LogP contribution in [0.15, 0.2) is 24.3 Å². The summed E-state index contributed by atoms with van der Waals surface area (Å²) in [5.74, 6) is 0.299. The first-order chi connectivity index (χ1) is 9.07. The van der Waals surface area contributed by atoms with Crippen molar-refractivity contribution in [2.24, 2.45) is 5.73 Å². The van der Waals surface area contributed by atoms with Crippen LogP contribution in [0.1, 0.15) is 24.8 Å². The first-order valence-corrected chi connectivity index (χ1v) is 6.31. The lowest BCUT2D eigenvalue weighted by atomic mass is 10.00. The lowest BCUT2D eigenvalue weighted by molar-refractivity contribution is -0.147. The molecule has 1 aliphatic rings. The number of aliphatic hydroxyl groups is 1. The van der Waals surface area contributed by atoms with Crippen LogP contribution in [0.25, 0.3) is 0 Å². The molecule has 3 N–H and O–H groups in total. The fourth-order valence-electron chi connectivity index (χ4n) is 2.43. The van der Waals surface area contributed by atoms with E-state index in [2.05, 4.69) is 0 Å². The standard InChI is InChI=1S/C14H19NO4/c1-18-13(17)14(15)6-5-12(8-14)19-11-4-2-3-10(7-11)9-16/h2-4,7,12,16H,5-6,8-9,15H2,1H3. The highest BCUT2D eigenvalue weighted by molar-refractivity contribution is 5.80. The number of esters is 1. The van der Waals surface area contributed by atoms with Crippen molar-refractivity contribution in [3.05, 3.63) is 29.8 Å². The van der Waals surface area contributed by atoms with Gasteiger partial charge in [0, 0.05) is 6.42 Å². The van der Waals surface area contributed by atoms with Gasteiger partial charge < -0.3 is 20.3 Å². The molecule has 19 heavy (non-hydrogen) atoms. The van der Waals surface area contributed by atoms with Crippen LogP contribution in [-0.2, 0) is 16.1 Å². The Hall–Kier alpha value is -1.59. The summed E-state index contributed by atoms with van der Waals surface area (Å²) in [6.45, 7) is -0.0230. The van der Waals surface area contributed by atoms with Crippen molar-refractivity contribution in [2.75, 3.05) is 7.11 Å². The smallest absolute Gasteiger partial charge is 0.325 e. The Morgan fingerprint density at radius 1 is 1.58 bits per heavy atom. The molecule has 0 heterocycles. The zero-order valence-electron chi connectivity index (χ0n) is 11.0. The van der Waals surface area contributed by atoms with Crippen molar-refractivity contribution in [3.8, 4) is 5.75 Å². The Labute approximate surface area is 112 Å². The Morgan fingerprint density at radius 2 is 2.37 bits per heavy atom. The molecule has 0 saturated heterocycles. The summed E-state index contributed by atoms with van der Waals surface area (Å²) in [6.07, 6.45) is 1.63. The summed E-state index contributed by atoms with van der Waals surface area (Å²) in [6, 6.07) is 7.26. The molecule has 5 nitrogen and oxygen atoms in total. The second kappa shape index (κ2) is 5.59. The quantitative estimate of drug-likeness (QED) is 0.793. The Balaban J connectivity index is 2.00. The summed E-state index contributed by atoms with van der Waals surface area (Å²) in [4.78, 5) is 11.6. The van der Waals surface area contributed by atoms with Crippen molar-refractivity contribution in [2.45, 2.75) is 37.5 Å². The number of ether oxygens (including phenoxy) is 2. The second-order valence-corrected chi connectivity index (χ2v) is 4.94. The number of hydrogen-bond acceptors (Lipinski definition) is 5. The molecule has 1 aromatic rings.